The molecular formula is C25H30N4O4. The van der Waals surface area contributed by atoms with Crippen molar-refractivity contribution in [3.63, 3.8) is 0 Å². The molecule has 1 aliphatic rings. The van der Waals surface area contributed by atoms with E-state index in [1.165, 1.54) is 11.1 Å². The average molecular weight is 451 g/mol. The van der Waals surface area contributed by atoms with Gasteiger partial charge in [0.25, 0.3) is 5.89 Å². The highest BCUT2D eigenvalue weighted by Gasteiger charge is 2.26. The van der Waals surface area contributed by atoms with Gasteiger partial charge in [-0.05, 0) is 69.0 Å². The summed E-state index contributed by atoms with van der Waals surface area (Å²) in [6.45, 7) is 4.66. The van der Waals surface area contributed by atoms with Crippen molar-refractivity contribution < 1.29 is 19.2 Å². The molecule has 33 heavy (non-hydrogen) atoms. The summed E-state index contributed by atoms with van der Waals surface area (Å²) in [4.78, 5) is 15.4. The number of carboxylic acids is 1. The van der Waals surface area contributed by atoms with Crippen LogP contribution in [0.15, 0.2) is 40.9 Å². The van der Waals surface area contributed by atoms with Crippen molar-refractivity contribution in [3.05, 3.63) is 47.5 Å². The molecule has 0 fully saturated rings. The van der Waals surface area contributed by atoms with Crippen LogP contribution in [0.2, 0.25) is 0 Å². The monoisotopic (exact) mass is 450 g/mol. The van der Waals surface area contributed by atoms with Gasteiger partial charge in [-0.15, -0.1) is 0 Å². The Bertz CT molecular complexity index is 1130. The highest BCUT2D eigenvalue weighted by atomic mass is 16.5. The number of fused-ring (bicyclic) bond motifs is 1. The molecular weight excluding hydrogens is 420 g/mol. The molecule has 0 saturated carbocycles. The van der Waals surface area contributed by atoms with Crippen molar-refractivity contribution in [1.82, 2.24) is 15.5 Å². The Kier molecular flexibility index (Phi) is 6.93. The molecule has 8 heteroatoms. The number of hydrogen-bond acceptors (Lipinski definition) is 7. The van der Waals surface area contributed by atoms with Gasteiger partial charge in [0, 0.05) is 30.6 Å². The molecule has 0 bridgehead atoms. The first kappa shape index (κ1) is 22.8. The topological polar surface area (TPSA) is 110 Å². The fourth-order valence-electron chi connectivity index (χ4n) is 4.26. The number of carboxylic acid groups (broad SMARTS) is 1. The number of ether oxygens (including phenoxy) is 1. The highest BCUT2D eigenvalue weighted by Crippen LogP contribution is 2.38. The summed E-state index contributed by atoms with van der Waals surface area (Å²) in [7, 11) is 1.85. The van der Waals surface area contributed by atoms with Crippen molar-refractivity contribution in [2.75, 3.05) is 18.9 Å². The molecule has 0 radical (unpaired) electrons. The molecule has 0 amide bonds. The van der Waals surface area contributed by atoms with Gasteiger partial charge in [0.05, 0.1) is 11.8 Å². The molecule has 1 unspecified atom stereocenters. The molecule has 0 aliphatic heterocycles. The first-order valence-electron chi connectivity index (χ1n) is 11.4. The summed E-state index contributed by atoms with van der Waals surface area (Å²) in [5.41, 5.74) is 5.10. The van der Waals surface area contributed by atoms with E-state index < -0.39 is 5.97 Å². The minimum Gasteiger partial charge on any atom is -0.489 e. The lowest BCUT2D eigenvalue weighted by molar-refractivity contribution is -0.137. The summed E-state index contributed by atoms with van der Waals surface area (Å²) >= 11 is 0. The zero-order chi connectivity index (χ0) is 23.4. The van der Waals surface area contributed by atoms with Gasteiger partial charge in [-0.25, -0.2) is 0 Å². The predicted octanol–water partition coefficient (Wildman–Crippen LogP) is 4.67. The molecule has 8 nitrogen and oxygen atoms in total. The van der Waals surface area contributed by atoms with Crippen LogP contribution in [0.5, 0.6) is 5.75 Å². The third-order valence-electron chi connectivity index (χ3n) is 5.75. The van der Waals surface area contributed by atoms with Crippen LogP contribution in [0.25, 0.3) is 22.8 Å². The molecule has 1 aromatic heterocycles. The Balaban J connectivity index is 1.53. The maximum absolute atomic E-state index is 10.7. The lowest BCUT2D eigenvalue weighted by atomic mass is 10.0. The number of rotatable bonds is 10. The van der Waals surface area contributed by atoms with Crippen LogP contribution in [-0.2, 0) is 11.2 Å². The average Bonchev–Trinajstić information content (AvgIpc) is 3.44. The highest BCUT2D eigenvalue weighted by molar-refractivity contribution is 5.70. The minimum atomic E-state index is -0.761. The second-order valence-electron chi connectivity index (χ2n) is 8.47. The maximum atomic E-state index is 10.7. The Hall–Kier alpha value is -3.39. The fourth-order valence-corrected chi connectivity index (χ4v) is 4.26. The quantitative estimate of drug-likeness (QED) is 0.382. The number of nitrogens with one attached hydrogen (secondary N) is 2. The maximum Gasteiger partial charge on any atom is 0.303 e. The third kappa shape index (κ3) is 5.17. The number of aromatic nitrogens is 2. The van der Waals surface area contributed by atoms with Crippen LogP contribution in [0.1, 0.15) is 50.3 Å². The molecule has 2 aromatic carbocycles. The van der Waals surface area contributed by atoms with E-state index in [9.17, 15) is 4.79 Å². The van der Waals surface area contributed by atoms with Crippen molar-refractivity contribution in [2.24, 2.45) is 0 Å². The van der Waals surface area contributed by atoms with Crippen molar-refractivity contribution in [1.29, 1.82) is 0 Å². The lowest BCUT2D eigenvalue weighted by Gasteiger charge is -2.14. The fraction of sp³-hybridized carbons (Fsp3) is 0.400. The van der Waals surface area contributed by atoms with Gasteiger partial charge in [0.1, 0.15) is 5.75 Å². The zero-order valence-corrected chi connectivity index (χ0v) is 19.2. The number of carbonyl (C=O) groups is 1. The minimum absolute atomic E-state index is 0.0774. The van der Waals surface area contributed by atoms with Crippen molar-refractivity contribution in [3.8, 4) is 28.6 Å². The van der Waals surface area contributed by atoms with Crippen molar-refractivity contribution >= 4 is 11.7 Å². The molecule has 0 spiro atoms. The largest absolute Gasteiger partial charge is 0.489 e. The van der Waals surface area contributed by atoms with Gasteiger partial charge in [-0.2, -0.15) is 4.98 Å². The van der Waals surface area contributed by atoms with Crippen LogP contribution in [0.4, 0.5) is 5.69 Å². The smallest absolute Gasteiger partial charge is 0.303 e. The van der Waals surface area contributed by atoms with E-state index in [1.807, 2.05) is 51.2 Å². The van der Waals surface area contributed by atoms with E-state index in [2.05, 4.69) is 26.8 Å². The van der Waals surface area contributed by atoms with Crippen LogP contribution in [0, 0.1) is 0 Å². The normalized spacial score (nSPS) is 15.0. The van der Waals surface area contributed by atoms with Crippen molar-refractivity contribution in [2.45, 2.75) is 51.7 Å². The predicted molar refractivity (Wildman–Crippen MR) is 126 cm³/mol. The van der Waals surface area contributed by atoms with Gasteiger partial charge in [0.2, 0.25) is 5.82 Å². The molecule has 1 aliphatic carbocycles. The summed E-state index contributed by atoms with van der Waals surface area (Å²) in [5, 5.41) is 19.7. The van der Waals surface area contributed by atoms with Crippen LogP contribution in [0.3, 0.4) is 0 Å². The van der Waals surface area contributed by atoms with Crippen LogP contribution in [-0.4, -0.2) is 40.9 Å². The molecule has 0 saturated heterocycles. The van der Waals surface area contributed by atoms with E-state index >= 15 is 0 Å². The van der Waals surface area contributed by atoms with E-state index in [4.69, 9.17) is 14.4 Å². The summed E-state index contributed by atoms with van der Waals surface area (Å²) in [5.74, 6) is 1.04. The standard InChI is InChI=1S/C25H30N4O4/c1-15(2)32-22-12-9-16(14-21(22)26-3)25-28-24(29-33-25)19-7-4-6-18-17(19)10-11-20(18)27-13-5-8-23(30)31/h4,6-7,9,12,14-15,20,26-27H,5,8,10-11,13H2,1-3H3,(H,30,31). The van der Waals surface area contributed by atoms with Crippen LogP contribution < -0.4 is 15.4 Å². The Morgan fingerprint density at radius 1 is 1.30 bits per heavy atom. The Morgan fingerprint density at radius 3 is 2.91 bits per heavy atom. The Labute approximate surface area is 193 Å². The van der Waals surface area contributed by atoms with Gasteiger partial charge in [-0.3, -0.25) is 4.79 Å². The first-order valence-corrected chi connectivity index (χ1v) is 11.4. The van der Waals surface area contributed by atoms with Crippen LogP contribution >= 0.6 is 0 Å². The Morgan fingerprint density at radius 2 is 2.15 bits per heavy atom. The number of hydrogen-bond donors (Lipinski definition) is 3. The first-order chi connectivity index (χ1) is 16.0. The molecule has 4 rings (SSSR count). The van der Waals surface area contributed by atoms with E-state index in [0.29, 0.717) is 24.7 Å². The lowest BCUT2D eigenvalue weighted by Crippen LogP contribution is -2.21. The van der Waals surface area contributed by atoms with E-state index in [-0.39, 0.29) is 18.6 Å². The SMILES string of the molecule is CNc1cc(-c2nc(-c3cccc4c3CCC4NCCCC(=O)O)no2)ccc1OC(C)C. The molecule has 1 atom stereocenters. The molecule has 3 aromatic rings. The summed E-state index contributed by atoms with van der Waals surface area (Å²) in [6.07, 6.45) is 2.75. The number of benzene rings is 2. The second-order valence-corrected chi connectivity index (χ2v) is 8.47. The van der Waals surface area contributed by atoms with Gasteiger partial charge < -0.3 is 25.0 Å². The summed E-state index contributed by atoms with van der Waals surface area (Å²) in [6, 6.07) is 12.1. The zero-order valence-electron chi connectivity index (χ0n) is 19.2. The number of aliphatic carboxylic acids is 1. The van der Waals surface area contributed by atoms with E-state index in [1.54, 1.807) is 0 Å². The molecule has 3 N–H and O–H groups in total. The summed E-state index contributed by atoms with van der Waals surface area (Å²) < 4.78 is 11.5. The van der Waals surface area contributed by atoms with Gasteiger partial charge in [-0.1, -0.05) is 23.4 Å². The number of anilines is 1. The molecule has 174 valence electrons. The van der Waals surface area contributed by atoms with E-state index in [0.717, 1.165) is 35.4 Å². The van der Waals surface area contributed by atoms with Gasteiger partial charge >= 0.3 is 5.97 Å². The molecule has 1 heterocycles. The second kappa shape index (κ2) is 10.0. The number of nitrogens with zero attached hydrogens (tertiary/aromatic N) is 2. The third-order valence-corrected chi connectivity index (χ3v) is 5.75. The van der Waals surface area contributed by atoms with Gasteiger partial charge in [0.15, 0.2) is 0 Å².